The molecule has 0 aromatic heterocycles. The zero-order valence-electron chi connectivity index (χ0n) is 19.5. The highest BCUT2D eigenvalue weighted by atomic mass is 19.1. The Morgan fingerprint density at radius 1 is 0.706 bits per heavy atom. The second kappa shape index (κ2) is 11.0. The van der Waals surface area contributed by atoms with Crippen LogP contribution in [-0.4, -0.2) is 10.9 Å². The summed E-state index contributed by atoms with van der Waals surface area (Å²) in [5.74, 6) is -0.627. The van der Waals surface area contributed by atoms with E-state index >= 15 is 0 Å². The minimum atomic E-state index is -0.314. The first-order valence-electron chi connectivity index (χ1n) is 11.6. The summed E-state index contributed by atoms with van der Waals surface area (Å²) in [6.07, 6.45) is 2.12. The Labute approximate surface area is 201 Å². The first-order chi connectivity index (χ1) is 16.5. The molecule has 0 aliphatic carbocycles. The standard InChI is InChI=1S/C31H29F2N/c1-23(19-31(27-15-9-17-29(32)20-27)28-16-10-18-30(33)21-28)34(22-25-11-5-3-6-12-25)24(2)26-13-7-4-8-14-26/h3-21,23-24H,22H2,1-2H3/t23-,24-/m0/s1. The SMILES string of the molecule is C[C@@H](C=C(c1cccc(F)c1)c1cccc(F)c1)N(Cc1ccccc1)[C@@H](C)c1ccccc1. The molecule has 4 rings (SSSR count). The van der Waals surface area contributed by atoms with Crippen LogP contribution in [-0.2, 0) is 6.54 Å². The Morgan fingerprint density at radius 3 is 1.76 bits per heavy atom. The van der Waals surface area contributed by atoms with Gasteiger partial charge in [0.2, 0.25) is 0 Å². The van der Waals surface area contributed by atoms with E-state index in [0.717, 1.165) is 23.2 Å². The van der Waals surface area contributed by atoms with E-state index in [9.17, 15) is 8.78 Å². The molecule has 0 bridgehead atoms. The van der Waals surface area contributed by atoms with E-state index in [-0.39, 0.29) is 23.7 Å². The molecule has 0 N–H and O–H groups in total. The van der Waals surface area contributed by atoms with E-state index < -0.39 is 0 Å². The molecule has 0 saturated heterocycles. The third-order valence-electron chi connectivity index (χ3n) is 6.19. The van der Waals surface area contributed by atoms with Crippen molar-refractivity contribution in [1.82, 2.24) is 4.90 Å². The van der Waals surface area contributed by atoms with E-state index in [1.165, 1.54) is 35.4 Å². The summed E-state index contributed by atoms with van der Waals surface area (Å²) in [7, 11) is 0. The number of hydrogen-bond donors (Lipinski definition) is 0. The number of hydrogen-bond acceptors (Lipinski definition) is 1. The summed E-state index contributed by atoms with van der Waals surface area (Å²) in [5, 5.41) is 0. The normalized spacial score (nSPS) is 12.9. The molecule has 34 heavy (non-hydrogen) atoms. The lowest BCUT2D eigenvalue weighted by Crippen LogP contribution is -2.34. The van der Waals surface area contributed by atoms with E-state index in [2.05, 4.69) is 61.2 Å². The average molecular weight is 454 g/mol. The van der Waals surface area contributed by atoms with Gasteiger partial charge in [0, 0.05) is 18.6 Å². The lowest BCUT2D eigenvalue weighted by Gasteiger charge is -2.34. The fourth-order valence-electron chi connectivity index (χ4n) is 4.36. The fourth-order valence-corrected chi connectivity index (χ4v) is 4.36. The lowest BCUT2D eigenvalue weighted by atomic mass is 9.94. The summed E-state index contributed by atoms with van der Waals surface area (Å²) in [5.41, 5.74) is 4.69. The fraction of sp³-hybridized carbons (Fsp3) is 0.161. The molecular formula is C31H29F2N. The number of benzene rings is 4. The minimum Gasteiger partial charge on any atom is -0.286 e. The molecule has 0 radical (unpaired) electrons. The summed E-state index contributed by atoms with van der Waals surface area (Å²) in [4.78, 5) is 2.41. The van der Waals surface area contributed by atoms with Crippen molar-refractivity contribution >= 4 is 5.57 Å². The highest BCUT2D eigenvalue weighted by Crippen LogP contribution is 2.30. The van der Waals surface area contributed by atoms with E-state index in [1.807, 2.05) is 36.4 Å². The molecule has 2 atom stereocenters. The van der Waals surface area contributed by atoms with E-state index in [0.29, 0.717) is 0 Å². The van der Waals surface area contributed by atoms with Gasteiger partial charge in [0.1, 0.15) is 11.6 Å². The second-order valence-electron chi connectivity index (χ2n) is 8.59. The van der Waals surface area contributed by atoms with Crippen LogP contribution >= 0.6 is 0 Å². The van der Waals surface area contributed by atoms with Crippen LogP contribution < -0.4 is 0 Å². The maximum atomic E-state index is 14.1. The van der Waals surface area contributed by atoms with Crippen LogP contribution in [0.2, 0.25) is 0 Å². The van der Waals surface area contributed by atoms with Gasteiger partial charge in [-0.05, 0) is 65.9 Å². The van der Waals surface area contributed by atoms with Crippen LogP contribution in [0.4, 0.5) is 8.78 Å². The quantitative estimate of drug-likeness (QED) is 0.261. The van der Waals surface area contributed by atoms with Gasteiger partial charge in [-0.25, -0.2) is 8.78 Å². The largest absolute Gasteiger partial charge is 0.286 e. The Bertz CT molecular complexity index is 1190. The van der Waals surface area contributed by atoms with Crippen molar-refractivity contribution in [2.75, 3.05) is 0 Å². The van der Waals surface area contributed by atoms with Crippen molar-refractivity contribution in [1.29, 1.82) is 0 Å². The minimum absolute atomic E-state index is 0.0167. The Morgan fingerprint density at radius 2 is 1.24 bits per heavy atom. The number of rotatable bonds is 8. The smallest absolute Gasteiger partial charge is 0.123 e. The predicted molar refractivity (Wildman–Crippen MR) is 136 cm³/mol. The molecule has 0 saturated carbocycles. The maximum Gasteiger partial charge on any atom is 0.123 e. The third kappa shape index (κ3) is 5.86. The third-order valence-corrected chi connectivity index (χ3v) is 6.19. The Kier molecular flexibility index (Phi) is 7.66. The molecule has 0 spiro atoms. The molecule has 4 aromatic carbocycles. The van der Waals surface area contributed by atoms with Crippen molar-refractivity contribution in [2.45, 2.75) is 32.5 Å². The van der Waals surface area contributed by atoms with Gasteiger partial charge in [0.05, 0.1) is 0 Å². The first-order valence-corrected chi connectivity index (χ1v) is 11.6. The van der Waals surface area contributed by atoms with Crippen molar-refractivity contribution in [3.05, 3.63) is 149 Å². The summed E-state index contributed by atoms with van der Waals surface area (Å²) in [6, 6.07) is 33.9. The van der Waals surface area contributed by atoms with Crippen molar-refractivity contribution in [3.8, 4) is 0 Å². The molecule has 1 nitrogen and oxygen atoms in total. The summed E-state index contributed by atoms with van der Waals surface area (Å²) < 4.78 is 28.3. The topological polar surface area (TPSA) is 3.24 Å². The molecule has 0 amide bonds. The molecule has 0 heterocycles. The van der Waals surface area contributed by atoms with Gasteiger partial charge in [0.15, 0.2) is 0 Å². The molecule has 0 unspecified atom stereocenters. The molecule has 0 aliphatic rings. The van der Waals surface area contributed by atoms with Crippen molar-refractivity contribution in [2.24, 2.45) is 0 Å². The average Bonchev–Trinajstić information content (AvgIpc) is 2.86. The first kappa shape index (κ1) is 23.6. The molecule has 172 valence electrons. The van der Waals surface area contributed by atoms with Gasteiger partial charge in [-0.3, -0.25) is 4.90 Å². The monoisotopic (exact) mass is 453 g/mol. The predicted octanol–water partition coefficient (Wildman–Crippen LogP) is 8.05. The zero-order chi connectivity index (χ0) is 23.9. The number of halogens is 2. The number of nitrogens with zero attached hydrogens (tertiary/aromatic N) is 1. The molecule has 0 aliphatic heterocycles. The molecule has 3 heteroatoms. The maximum absolute atomic E-state index is 14.1. The van der Waals surface area contributed by atoms with Crippen LogP contribution in [0.25, 0.3) is 5.57 Å². The van der Waals surface area contributed by atoms with Crippen LogP contribution in [0.5, 0.6) is 0 Å². The zero-order valence-corrected chi connectivity index (χ0v) is 19.5. The van der Waals surface area contributed by atoms with Gasteiger partial charge < -0.3 is 0 Å². The molecular weight excluding hydrogens is 424 g/mol. The lowest BCUT2D eigenvalue weighted by molar-refractivity contribution is 0.172. The van der Waals surface area contributed by atoms with Gasteiger partial charge in [0.25, 0.3) is 0 Å². The molecule has 4 aromatic rings. The van der Waals surface area contributed by atoms with Crippen LogP contribution in [0.3, 0.4) is 0 Å². The van der Waals surface area contributed by atoms with Crippen LogP contribution in [0, 0.1) is 11.6 Å². The van der Waals surface area contributed by atoms with Gasteiger partial charge >= 0.3 is 0 Å². The van der Waals surface area contributed by atoms with Gasteiger partial charge in [-0.15, -0.1) is 0 Å². The second-order valence-corrected chi connectivity index (χ2v) is 8.59. The molecule has 0 fully saturated rings. The van der Waals surface area contributed by atoms with Gasteiger partial charge in [-0.1, -0.05) is 91.0 Å². The van der Waals surface area contributed by atoms with E-state index in [1.54, 1.807) is 12.1 Å². The Hall–Kier alpha value is -3.56. The highest BCUT2D eigenvalue weighted by Gasteiger charge is 2.22. The Balaban J connectivity index is 1.77. The summed E-state index contributed by atoms with van der Waals surface area (Å²) >= 11 is 0. The summed E-state index contributed by atoms with van der Waals surface area (Å²) in [6.45, 7) is 5.09. The van der Waals surface area contributed by atoms with Gasteiger partial charge in [-0.2, -0.15) is 0 Å². The van der Waals surface area contributed by atoms with Crippen LogP contribution in [0.1, 0.15) is 42.1 Å². The van der Waals surface area contributed by atoms with Crippen molar-refractivity contribution in [3.63, 3.8) is 0 Å². The van der Waals surface area contributed by atoms with Crippen molar-refractivity contribution < 1.29 is 8.78 Å². The van der Waals surface area contributed by atoms with Crippen LogP contribution in [0.15, 0.2) is 115 Å². The highest BCUT2D eigenvalue weighted by molar-refractivity contribution is 5.80. The van der Waals surface area contributed by atoms with E-state index in [4.69, 9.17) is 0 Å².